The number of carbonyl (C=O) groups is 1. The Morgan fingerprint density at radius 3 is 2.57 bits per heavy atom. The fourth-order valence-electron chi connectivity index (χ4n) is 3.22. The minimum atomic E-state index is -0.0284. The number of rotatable bonds is 6. The van der Waals surface area contributed by atoms with Gasteiger partial charge in [0, 0.05) is 31.5 Å². The van der Waals surface area contributed by atoms with Crippen molar-refractivity contribution in [3.8, 4) is 0 Å². The molecule has 0 aromatic carbocycles. The average Bonchev–Trinajstić information content (AvgIpc) is 2.98. The van der Waals surface area contributed by atoms with E-state index in [4.69, 9.17) is 0 Å². The number of nitrogens with one attached hydrogen (secondary N) is 1. The minimum Gasteiger partial charge on any atom is -0.396 e. The van der Waals surface area contributed by atoms with E-state index in [0.29, 0.717) is 17.9 Å². The number of carbonyl (C=O) groups excluding carboxylic acids is 1. The number of aliphatic hydroxyl groups excluding tert-OH is 1. The highest BCUT2D eigenvalue weighted by Crippen LogP contribution is 2.21. The lowest BCUT2D eigenvalue weighted by molar-refractivity contribution is -0.135. The van der Waals surface area contributed by atoms with E-state index >= 15 is 0 Å². The lowest BCUT2D eigenvalue weighted by atomic mass is 9.96. The van der Waals surface area contributed by atoms with Gasteiger partial charge in [-0.3, -0.25) is 4.79 Å². The predicted molar refractivity (Wildman–Crippen MR) is 88.5 cm³/mol. The van der Waals surface area contributed by atoms with Gasteiger partial charge in [0.1, 0.15) is 0 Å². The summed E-state index contributed by atoms with van der Waals surface area (Å²) in [4.78, 5) is 14.8. The van der Waals surface area contributed by atoms with Crippen LogP contribution >= 0.6 is 11.8 Å². The van der Waals surface area contributed by atoms with Crippen LogP contribution in [0.3, 0.4) is 0 Å². The normalized spacial score (nSPS) is 25.5. The summed E-state index contributed by atoms with van der Waals surface area (Å²) in [5, 5.41) is 12.8. The minimum absolute atomic E-state index is 0.0284. The highest BCUT2D eigenvalue weighted by molar-refractivity contribution is 7.99. The topological polar surface area (TPSA) is 52.6 Å². The molecule has 4 nitrogen and oxygen atoms in total. The van der Waals surface area contributed by atoms with E-state index in [0.717, 1.165) is 38.1 Å². The number of amides is 1. The third-order valence-corrected chi connectivity index (χ3v) is 5.72. The van der Waals surface area contributed by atoms with Crippen LogP contribution in [0.2, 0.25) is 0 Å². The van der Waals surface area contributed by atoms with Crippen LogP contribution in [-0.4, -0.2) is 59.2 Å². The summed E-state index contributed by atoms with van der Waals surface area (Å²) in [7, 11) is 0. The summed E-state index contributed by atoms with van der Waals surface area (Å²) in [5.41, 5.74) is 0. The van der Waals surface area contributed by atoms with E-state index in [2.05, 4.69) is 19.2 Å². The zero-order chi connectivity index (χ0) is 15.2. The van der Waals surface area contributed by atoms with Crippen molar-refractivity contribution in [2.24, 2.45) is 11.8 Å². The highest BCUT2D eigenvalue weighted by Gasteiger charge is 2.30. The standard InChI is InChI=1S/C16H30N2O2S/c1-12(2)9-15(17-14-5-8-21-11-14)16(20)18-6-3-13(10-19)4-7-18/h12-15,17,19H,3-11H2,1-2H3/t14-,15+/m1/s1. The molecule has 0 spiro atoms. The highest BCUT2D eigenvalue weighted by atomic mass is 32.2. The molecule has 0 aromatic heterocycles. The second-order valence-corrected chi connectivity index (χ2v) is 8.01. The Bertz CT molecular complexity index is 324. The first-order valence-electron chi connectivity index (χ1n) is 8.33. The molecule has 122 valence electrons. The average molecular weight is 314 g/mol. The molecule has 0 aliphatic carbocycles. The number of aliphatic hydroxyl groups is 1. The lowest BCUT2D eigenvalue weighted by Crippen LogP contribution is -2.52. The maximum Gasteiger partial charge on any atom is 0.239 e. The van der Waals surface area contributed by atoms with E-state index in [1.165, 1.54) is 12.2 Å². The van der Waals surface area contributed by atoms with Gasteiger partial charge in [-0.2, -0.15) is 11.8 Å². The molecule has 5 heteroatoms. The molecule has 0 unspecified atom stereocenters. The van der Waals surface area contributed by atoms with Crippen molar-refractivity contribution < 1.29 is 9.90 Å². The predicted octanol–water partition coefficient (Wildman–Crippen LogP) is 1.73. The van der Waals surface area contributed by atoms with Crippen molar-refractivity contribution in [2.75, 3.05) is 31.2 Å². The summed E-state index contributed by atoms with van der Waals surface area (Å²) in [6, 6.07) is 0.469. The molecule has 2 aliphatic heterocycles. The van der Waals surface area contributed by atoms with Crippen molar-refractivity contribution in [1.82, 2.24) is 10.2 Å². The van der Waals surface area contributed by atoms with Gasteiger partial charge < -0.3 is 15.3 Å². The Balaban J connectivity index is 1.90. The van der Waals surface area contributed by atoms with Gasteiger partial charge in [0.15, 0.2) is 0 Å². The lowest BCUT2D eigenvalue weighted by Gasteiger charge is -2.35. The van der Waals surface area contributed by atoms with Crippen LogP contribution in [-0.2, 0) is 4.79 Å². The van der Waals surface area contributed by atoms with Crippen molar-refractivity contribution in [3.05, 3.63) is 0 Å². The quantitative estimate of drug-likeness (QED) is 0.784. The zero-order valence-electron chi connectivity index (χ0n) is 13.4. The van der Waals surface area contributed by atoms with Gasteiger partial charge in [0.2, 0.25) is 5.91 Å². The molecule has 0 aromatic rings. The van der Waals surface area contributed by atoms with Crippen molar-refractivity contribution >= 4 is 17.7 Å². The molecular weight excluding hydrogens is 284 g/mol. The van der Waals surface area contributed by atoms with Crippen LogP contribution in [0.15, 0.2) is 0 Å². The van der Waals surface area contributed by atoms with Gasteiger partial charge in [-0.25, -0.2) is 0 Å². The van der Waals surface area contributed by atoms with Crippen molar-refractivity contribution in [2.45, 2.75) is 51.6 Å². The maximum absolute atomic E-state index is 12.8. The summed E-state index contributed by atoms with van der Waals surface area (Å²) >= 11 is 1.98. The molecule has 2 saturated heterocycles. The van der Waals surface area contributed by atoms with E-state index in [1.807, 2.05) is 16.7 Å². The van der Waals surface area contributed by atoms with Gasteiger partial charge in [0.05, 0.1) is 6.04 Å². The van der Waals surface area contributed by atoms with E-state index < -0.39 is 0 Å². The smallest absolute Gasteiger partial charge is 0.239 e. The summed E-state index contributed by atoms with van der Waals surface area (Å²) in [5.74, 6) is 3.53. The first kappa shape index (κ1) is 17.1. The molecule has 2 rings (SSSR count). The monoisotopic (exact) mass is 314 g/mol. The maximum atomic E-state index is 12.8. The summed E-state index contributed by atoms with van der Waals surface area (Å²) in [6.07, 6.45) is 3.98. The van der Waals surface area contributed by atoms with Crippen LogP contribution in [0.25, 0.3) is 0 Å². The molecule has 1 amide bonds. The molecule has 2 atom stereocenters. The number of hydrogen-bond donors (Lipinski definition) is 2. The number of likely N-dealkylation sites (tertiary alicyclic amines) is 1. The Labute approximate surface area is 133 Å². The first-order valence-corrected chi connectivity index (χ1v) is 9.49. The van der Waals surface area contributed by atoms with Gasteiger partial charge in [-0.05, 0) is 43.3 Å². The Kier molecular flexibility index (Phi) is 6.83. The third kappa shape index (κ3) is 5.15. The fraction of sp³-hybridized carbons (Fsp3) is 0.938. The second kappa shape index (κ2) is 8.39. The van der Waals surface area contributed by atoms with E-state index in [-0.39, 0.29) is 18.6 Å². The number of hydrogen-bond acceptors (Lipinski definition) is 4. The Morgan fingerprint density at radius 1 is 1.33 bits per heavy atom. The zero-order valence-corrected chi connectivity index (χ0v) is 14.2. The third-order valence-electron chi connectivity index (χ3n) is 4.56. The molecule has 2 heterocycles. The first-order chi connectivity index (χ1) is 10.1. The van der Waals surface area contributed by atoms with Gasteiger partial charge in [-0.15, -0.1) is 0 Å². The molecule has 0 radical (unpaired) electrons. The second-order valence-electron chi connectivity index (χ2n) is 6.86. The number of thioether (sulfide) groups is 1. The molecule has 21 heavy (non-hydrogen) atoms. The van der Waals surface area contributed by atoms with Crippen LogP contribution in [0, 0.1) is 11.8 Å². The molecule has 2 aliphatic rings. The van der Waals surface area contributed by atoms with Crippen LogP contribution < -0.4 is 5.32 Å². The van der Waals surface area contributed by atoms with E-state index in [1.54, 1.807) is 0 Å². The van der Waals surface area contributed by atoms with Crippen molar-refractivity contribution in [1.29, 1.82) is 0 Å². The van der Waals surface area contributed by atoms with Crippen LogP contribution in [0.1, 0.15) is 39.5 Å². The number of piperidine rings is 1. The van der Waals surface area contributed by atoms with E-state index in [9.17, 15) is 9.90 Å². The Morgan fingerprint density at radius 2 is 2.05 bits per heavy atom. The van der Waals surface area contributed by atoms with Gasteiger partial charge in [-0.1, -0.05) is 13.8 Å². The molecule has 0 bridgehead atoms. The van der Waals surface area contributed by atoms with Crippen molar-refractivity contribution in [3.63, 3.8) is 0 Å². The molecule has 2 N–H and O–H groups in total. The molecule has 0 saturated carbocycles. The van der Waals surface area contributed by atoms with Crippen LogP contribution in [0.5, 0.6) is 0 Å². The van der Waals surface area contributed by atoms with Gasteiger partial charge >= 0.3 is 0 Å². The summed E-state index contributed by atoms with van der Waals surface area (Å²) in [6.45, 7) is 6.24. The fourth-order valence-corrected chi connectivity index (χ4v) is 4.38. The number of nitrogens with zero attached hydrogens (tertiary/aromatic N) is 1. The largest absolute Gasteiger partial charge is 0.396 e. The van der Waals surface area contributed by atoms with Gasteiger partial charge in [0.25, 0.3) is 0 Å². The summed E-state index contributed by atoms with van der Waals surface area (Å²) < 4.78 is 0. The molecular formula is C16H30N2O2S. The Hall–Kier alpha value is -0.260. The SMILES string of the molecule is CC(C)C[C@H](N[C@@H]1CCSC1)C(=O)N1CCC(CO)CC1. The van der Waals surface area contributed by atoms with Crippen LogP contribution in [0.4, 0.5) is 0 Å². The molecule has 2 fully saturated rings.